The van der Waals surface area contributed by atoms with Gasteiger partial charge in [0.25, 0.3) is 0 Å². The number of carbonyl (C=O) groups excluding carboxylic acids is 2. The van der Waals surface area contributed by atoms with Crippen LogP contribution in [0.2, 0.25) is 5.02 Å². The third-order valence-corrected chi connectivity index (χ3v) is 6.36. The first-order chi connectivity index (χ1) is 16.0. The van der Waals surface area contributed by atoms with Crippen LogP contribution in [0.3, 0.4) is 0 Å². The first-order valence-electron chi connectivity index (χ1n) is 10.3. The van der Waals surface area contributed by atoms with Crippen molar-refractivity contribution < 1.29 is 14.3 Å². The molecule has 1 N–H and O–H groups in total. The topological polar surface area (TPSA) is 71.0 Å². The van der Waals surface area contributed by atoms with Gasteiger partial charge in [-0.25, -0.2) is 4.90 Å². The van der Waals surface area contributed by atoms with Crippen LogP contribution in [0.5, 0.6) is 5.75 Å². The molecule has 0 saturated carbocycles. The molecule has 0 bridgehead atoms. The van der Waals surface area contributed by atoms with E-state index in [1.807, 2.05) is 54.6 Å². The number of nitrogens with zero attached hydrogens (tertiary/aromatic N) is 2. The Kier molecular flexibility index (Phi) is 7.32. The summed E-state index contributed by atoms with van der Waals surface area (Å²) in [5, 5.41) is 3.74. The van der Waals surface area contributed by atoms with Crippen molar-refractivity contribution in [3.05, 3.63) is 89.4 Å². The highest BCUT2D eigenvalue weighted by Crippen LogP contribution is 2.32. The minimum absolute atomic E-state index is 0.0913. The van der Waals surface area contributed by atoms with Gasteiger partial charge in [0, 0.05) is 17.1 Å². The van der Waals surface area contributed by atoms with Gasteiger partial charge in [0.2, 0.25) is 11.8 Å². The van der Waals surface area contributed by atoms with E-state index in [9.17, 15) is 9.59 Å². The number of benzene rings is 3. The zero-order chi connectivity index (χ0) is 23.2. The van der Waals surface area contributed by atoms with E-state index in [1.54, 1.807) is 31.4 Å². The predicted octanol–water partition coefficient (Wildman–Crippen LogP) is 5.38. The second kappa shape index (κ2) is 10.6. The van der Waals surface area contributed by atoms with Gasteiger partial charge in [-0.2, -0.15) is 0 Å². The number of halogens is 1. The predicted molar refractivity (Wildman–Crippen MR) is 134 cm³/mol. The van der Waals surface area contributed by atoms with E-state index >= 15 is 0 Å². The molecule has 1 aliphatic heterocycles. The summed E-state index contributed by atoms with van der Waals surface area (Å²) in [6.07, 6.45) is 0.0913. The van der Waals surface area contributed by atoms with Crippen LogP contribution in [0, 0.1) is 0 Å². The van der Waals surface area contributed by atoms with Gasteiger partial charge in [0.15, 0.2) is 5.17 Å². The van der Waals surface area contributed by atoms with Crippen LogP contribution in [0.4, 0.5) is 11.4 Å². The first-order valence-corrected chi connectivity index (χ1v) is 11.6. The van der Waals surface area contributed by atoms with Gasteiger partial charge >= 0.3 is 0 Å². The Balaban J connectivity index is 1.54. The van der Waals surface area contributed by atoms with Crippen LogP contribution in [0.15, 0.2) is 83.9 Å². The normalized spacial score (nSPS) is 16.2. The summed E-state index contributed by atoms with van der Waals surface area (Å²) < 4.78 is 5.20. The zero-order valence-corrected chi connectivity index (χ0v) is 19.5. The fourth-order valence-electron chi connectivity index (χ4n) is 3.36. The average molecular weight is 480 g/mol. The Labute approximate surface area is 201 Å². The highest BCUT2D eigenvalue weighted by Gasteiger charge is 2.40. The Hall–Kier alpha value is -3.29. The summed E-state index contributed by atoms with van der Waals surface area (Å²) in [6, 6.07) is 24.0. The van der Waals surface area contributed by atoms with E-state index in [2.05, 4.69) is 5.32 Å². The van der Waals surface area contributed by atoms with E-state index in [4.69, 9.17) is 21.3 Å². The third kappa shape index (κ3) is 5.74. The third-order valence-electron chi connectivity index (χ3n) is 5.01. The average Bonchev–Trinajstić information content (AvgIpc) is 3.11. The summed E-state index contributed by atoms with van der Waals surface area (Å²) in [5.74, 6) is 0.240. The molecular weight excluding hydrogens is 458 g/mol. The lowest BCUT2D eigenvalue weighted by atomic mass is 10.2. The molecular formula is C25H22ClN3O3S. The molecule has 2 amide bonds. The van der Waals surface area contributed by atoms with Crippen LogP contribution in [0.25, 0.3) is 0 Å². The zero-order valence-electron chi connectivity index (χ0n) is 17.9. The second-order valence-corrected chi connectivity index (χ2v) is 8.95. The van der Waals surface area contributed by atoms with Crippen molar-refractivity contribution in [3.8, 4) is 5.75 Å². The van der Waals surface area contributed by atoms with E-state index in [-0.39, 0.29) is 18.2 Å². The van der Waals surface area contributed by atoms with Crippen LogP contribution in [-0.4, -0.2) is 29.3 Å². The highest BCUT2D eigenvalue weighted by atomic mass is 35.5. The van der Waals surface area contributed by atoms with Gasteiger partial charge in [0.1, 0.15) is 11.0 Å². The molecule has 0 aliphatic carbocycles. The molecule has 1 aliphatic rings. The second-order valence-electron chi connectivity index (χ2n) is 7.32. The maximum Gasteiger partial charge on any atom is 0.247 e. The molecule has 8 heteroatoms. The molecule has 0 unspecified atom stereocenters. The Bertz CT molecular complexity index is 1170. The number of methoxy groups -OCH3 is 1. The number of ether oxygens (including phenoxy) is 1. The number of para-hydroxylation sites is 1. The molecule has 168 valence electrons. The van der Waals surface area contributed by atoms with Crippen molar-refractivity contribution in [1.82, 2.24) is 0 Å². The van der Waals surface area contributed by atoms with E-state index in [0.717, 1.165) is 17.0 Å². The fraction of sp³-hybridized carbons (Fsp3) is 0.160. The number of amidine groups is 1. The van der Waals surface area contributed by atoms with Gasteiger partial charge < -0.3 is 10.1 Å². The number of rotatable bonds is 6. The smallest absolute Gasteiger partial charge is 0.247 e. The lowest BCUT2D eigenvalue weighted by Gasteiger charge is -2.16. The van der Waals surface area contributed by atoms with Gasteiger partial charge in [-0.1, -0.05) is 59.8 Å². The molecule has 1 fully saturated rings. The minimum atomic E-state index is -0.581. The lowest BCUT2D eigenvalue weighted by molar-refractivity contribution is -0.121. The summed E-state index contributed by atoms with van der Waals surface area (Å²) in [7, 11) is 1.62. The van der Waals surface area contributed by atoms with Crippen molar-refractivity contribution in [2.24, 2.45) is 4.99 Å². The number of anilines is 2. The molecule has 6 nitrogen and oxygen atoms in total. The number of amides is 2. The van der Waals surface area contributed by atoms with Gasteiger partial charge in [-0.15, -0.1) is 0 Å². The van der Waals surface area contributed by atoms with E-state index in [0.29, 0.717) is 22.4 Å². The molecule has 0 spiro atoms. The number of aliphatic imine (C=N–C) groups is 1. The molecule has 3 aromatic carbocycles. The molecule has 1 atom stereocenters. The monoisotopic (exact) mass is 479 g/mol. The van der Waals surface area contributed by atoms with Gasteiger partial charge in [-0.05, 0) is 48.0 Å². The van der Waals surface area contributed by atoms with E-state index in [1.165, 1.54) is 16.7 Å². The highest BCUT2D eigenvalue weighted by molar-refractivity contribution is 8.15. The fourth-order valence-corrected chi connectivity index (χ4v) is 4.56. The molecule has 1 heterocycles. The number of nitrogens with one attached hydrogen (secondary N) is 1. The Morgan fingerprint density at radius 2 is 1.85 bits per heavy atom. The van der Waals surface area contributed by atoms with Crippen LogP contribution < -0.4 is 15.0 Å². The van der Waals surface area contributed by atoms with Gasteiger partial charge in [-0.3, -0.25) is 14.6 Å². The maximum absolute atomic E-state index is 13.1. The Morgan fingerprint density at radius 3 is 2.55 bits per heavy atom. The maximum atomic E-state index is 13.1. The molecule has 33 heavy (non-hydrogen) atoms. The molecule has 4 rings (SSSR count). The van der Waals surface area contributed by atoms with Crippen molar-refractivity contribution >= 4 is 51.7 Å². The lowest BCUT2D eigenvalue weighted by Crippen LogP contribution is -2.31. The summed E-state index contributed by atoms with van der Waals surface area (Å²) in [5.41, 5.74) is 2.33. The van der Waals surface area contributed by atoms with Crippen molar-refractivity contribution in [1.29, 1.82) is 0 Å². The van der Waals surface area contributed by atoms with Crippen molar-refractivity contribution in [3.63, 3.8) is 0 Å². The Morgan fingerprint density at radius 1 is 1.09 bits per heavy atom. The summed E-state index contributed by atoms with van der Waals surface area (Å²) in [4.78, 5) is 31.7. The molecule has 1 saturated heterocycles. The van der Waals surface area contributed by atoms with E-state index < -0.39 is 5.25 Å². The van der Waals surface area contributed by atoms with Crippen molar-refractivity contribution in [2.75, 3.05) is 17.3 Å². The van der Waals surface area contributed by atoms with Crippen LogP contribution >= 0.6 is 23.4 Å². The first kappa shape index (κ1) is 22.9. The largest absolute Gasteiger partial charge is 0.497 e. The number of hydrogen-bond donors (Lipinski definition) is 1. The molecule has 0 aromatic heterocycles. The van der Waals surface area contributed by atoms with Crippen LogP contribution in [0.1, 0.15) is 12.0 Å². The number of thioether (sulfide) groups is 1. The van der Waals surface area contributed by atoms with Crippen molar-refractivity contribution in [2.45, 2.75) is 18.2 Å². The van der Waals surface area contributed by atoms with Crippen LogP contribution in [-0.2, 0) is 16.1 Å². The SMILES string of the molecule is COc1ccc(CN=C(Nc2ccccc2)S[C@H]2CC(=O)N(c3cccc(Cl)c3)C2=O)cc1. The molecule has 0 radical (unpaired) electrons. The number of hydrogen-bond acceptors (Lipinski definition) is 5. The summed E-state index contributed by atoms with van der Waals surface area (Å²) >= 11 is 7.31. The standard InChI is InChI=1S/C25H22ClN3O3S/c1-32-21-12-10-17(11-13-21)16-27-25(28-19-7-3-2-4-8-19)33-22-15-23(30)29(24(22)31)20-9-5-6-18(26)14-20/h2-14,22H,15-16H2,1H3,(H,27,28)/t22-/m0/s1. The minimum Gasteiger partial charge on any atom is -0.497 e. The van der Waals surface area contributed by atoms with Gasteiger partial charge in [0.05, 0.1) is 19.3 Å². The number of carbonyl (C=O) groups is 2. The quantitative estimate of drug-likeness (QED) is 0.292. The summed E-state index contributed by atoms with van der Waals surface area (Å²) in [6.45, 7) is 0.416. The molecule has 3 aromatic rings. The number of imide groups is 1.